The molecular formula is C21H24N4. The summed E-state index contributed by atoms with van der Waals surface area (Å²) >= 11 is 0. The molecule has 2 aliphatic rings. The highest BCUT2D eigenvalue weighted by atomic mass is 15.3. The average molecular weight is 332 g/mol. The van der Waals surface area contributed by atoms with Crippen molar-refractivity contribution in [2.75, 3.05) is 27.2 Å². The Hall–Kier alpha value is -2.75. The van der Waals surface area contributed by atoms with Crippen molar-refractivity contribution in [2.24, 2.45) is 4.99 Å². The van der Waals surface area contributed by atoms with Gasteiger partial charge in [-0.3, -0.25) is 4.99 Å². The molecule has 2 heterocycles. The van der Waals surface area contributed by atoms with Gasteiger partial charge in [-0.25, -0.2) is 0 Å². The SMILES string of the molecule is CN1C[C@H](c2ccccc2)N=C1/C=C1/N[C@@H](c2ccccc2)CN1C. The van der Waals surface area contributed by atoms with Gasteiger partial charge in [0.1, 0.15) is 11.7 Å². The molecule has 1 saturated heterocycles. The molecule has 0 aliphatic carbocycles. The second-order valence-corrected chi connectivity index (χ2v) is 6.81. The lowest BCUT2D eigenvalue weighted by Gasteiger charge is -2.15. The van der Waals surface area contributed by atoms with Crippen molar-refractivity contribution in [1.82, 2.24) is 15.1 Å². The van der Waals surface area contributed by atoms with Crippen molar-refractivity contribution in [1.29, 1.82) is 0 Å². The first-order valence-electron chi connectivity index (χ1n) is 8.79. The van der Waals surface area contributed by atoms with Crippen molar-refractivity contribution < 1.29 is 0 Å². The lowest BCUT2D eigenvalue weighted by Crippen LogP contribution is -2.24. The Morgan fingerprint density at radius 2 is 1.52 bits per heavy atom. The number of nitrogens with one attached hydrogen (secondary N) is 1. The lowest BCUT2D eigenvalue weighted by atomic mass is 10.1. The Labute approximate surface area is 149 Å². The number of amidine groups is 1. The maximum absolute atomic E-state index is 4.93. The van der Waals surface area contributed by atoms with E-state index in [0.717, 1.165) is 24.7 Å². The third kappa shape index (κ3) is 3.25. The van der Waals surface area contributed by atoms with E-state index in [1.54, 1.807) is 0 Å². The number of nitrogens with zero attached hydrogens (tertiary/aromatic N) is 3. The van der Waals surface area contributed by atoms with Crippen LogP contribution in [0, 0.1) is 0 Å². The summed E-state index contributed by atoms with van der Waals surface area (Å²) in [5.41, 5.74) is 2.60. The third-order valence-corrected chi connectivity index (χ3v) is 4.97. The Kier molecular flexibility index (Phi) is 4.18. The van der Waals surface area contributed by atoms with Crippen molar-refractivity contribution >= 4 is 5.84 Å². The number of likely N-dealkylation sites (N-methyl/N-ethyl adjacent to an activating group) is 2. The van der Waals surface area contributed by atoms with E-state index in [2.05, 4.69) is 96.0 Å². The van der Waals surface area contributed by atoms with Crippen LogP contribution in [-0.2, 0) is 0 Å². The van der Waals surface area contributed by atoms with E-state index in [-0.39, 0.29) is 6.04 Å². The standard InChI is InChI=1S/C21H24N4/c1-24-14-18(16-9-5-3-6-10-16)22-20(24)13-21-23-19(15-25(21)2)17-11-7-4-8-12-17/h3-13,18-19,22H,14-15H2,1-2H3/b20-13-/t18-,19-/m1/s1. The summed E-state index contributed by atoms with van der Waals surface area (Å²) in [5, 5.41) is 3.64. The molecule has 2 aromatic carbocycles. The van der Waals surface area contributed by atoms with E-state index in [1.807, 2.05) is 0 Å². The van der Waals surface area contributed by atoms with Crippen LogP contribution in [0.15, 0.2) is 77.6 Å². The summed E-state index contributed by atoms with van der Waals surface area (Å²) in [5.74, 6) is 2.17. The summed E-state index contributed by atoms with van der Waals surface area (Å²) in [6, 6.07) is 21.7. The zero-order valence-corrected chi connectivity index (χ0v) is 14.8. The average Bonchev–Trinajstić information content (AvgIpc) is 3.20. The second kappa shape index (κ2) is 6.63. The van der Waals surface area contributed by atoms with Crippen LogP contribution in [0.25, 0.3) is 0 Å². The quantitative estimate of drug-likeness (QED) is 0.936. The summed E-state index contributed by atoms with van der Waals surface area (Å²) in [6.07, 6.45) is 2.17. The van der Waals surface area contributed by atoms with Crippen molar-refractivity contribution in [3.05, 3.63) is 83.7 Å². The van der Waals surface area contributed by atoms with Gasteiger partial charge < -0.3 is 15.1 Å². The summed E-state index contributed by atoms with van der Waals surface area (Å²) in [7, 11) is 4.24. The molecule has 0 bridgehead atoms. The number of rotatable bonds is 3. The molecule has 2 aliphatic heterocycles. The van der Waals surface area contributed by atoms with E-state index >= 15 is 0 Å². The number of aliphatic imine (C=N–C) groups is 1. The van der Waals surface area contributed by atoms with E-state index < -0.39 is 0 Å². The summed E-state index contributed by atoms with van der Waals surface area (Å²) < 4.78 is 0. The van der Waals surface area contributed by atoms with Crippen LogP contribution < -0.4 is 5.32 Å². The summed E-state index contributed by atoms with van der Waals surface area (Å²) in [6.45, 7) is 1.89. The fraction of sp³-hybridized carbons (Fsp3) is 0.286. The van der Waals surface area contributed by atoms with Gasteiger partial charge in [0.2, 0.25) is 0 Å². The summed E-state index contributed by atoms with van der Waals surface area (Å²) in [4.78, 5) is 9.43. The van der Waals surface area contributed by atoms with Gasteiger partial charge >= 0.3 is 0 Å². The predicted octanol–water partition coefficient (Wildman–Crippen LogP) is 3.19. The first kappa shape index (κ1) is 15.8. The highest BCUT2D eigenvalue weighted by Crippen LogP contribution is 2.27. The molecule has 1 N–H and O–H groups in total. The van der Waals surface area contributed by atoms with Gasteiger partial charge in [-0.05, 0) is 11.1 Å². The highest BCUT2D eigenvalue weighted by molar-refractivity contribution is 5.94. The monoisotopic (exact) mass is 332 g/mol. The molecule has 4 rings (SSSR count). The van der Waals surface area contributed by atoms with Gasteiger partial charge in [0, 0.05) is 33.3 Å². The van der Waals surface area contributed by atoms with E-state index in [0.29, 0.717) is 6.04 Å². The number of benzene rings is 2. The van der Waals surface area contributed by atoms with Crippen molar-refractivity contribution in [3.8, 4) is 0 Å². The van der Waals surface area contributed by atoms with Gasteiger partial charge in [0.25, 0.3) is 0 Å². The van der Waals surface area contributed by atoms with Gasteiger partial charge in [0.05, 0.1) is 12.1 Å². The van der Waals surface area contributed by atoms with E-state index in [1.165, 1.54) is 11.1 Å². The Morgan fingerprint density at radius 3 is 2.20 bits per heavy atom. The molecule has 2 atom stereocenters. The molecule has 1 fully saturated rings. The molecule has 4 heteroatoms. The molecule has 0 amide bonds. The van der Waals surface area contributed by atoms with Gasteiger partial charge in [0.15, 0.2) is 0 Å². The zero-order valence-electron chi connectivity index (χ0n) is 14.8. The predicted molar refractivity (Wildman–Crippen MR) is 102 cm³/mol. The van der Waals surface area contributed by atoms with Gasteiger partial charge in [-0.1, -0.05) is 60.7 Å². The van der Waals surface area contributed by atoms with Gasteiger partial charge in [-0.2, -0.15) is 0 Å². The second-order valence-electron chi connectivity index (χ2n) is 6.81. The number of hydrogen-bond donors (Lipinski definition) is 1. The van der Waals surface area contributed by atoms with E-state index in [4.69, 9.17) is 4.99 Å². The van der Waals surface area contributed by atoms with Gasteiger partial charge in [-0.15, -0.1) is 0 Å². The minimum atomic E-state index is 0.217. The zero-order chi connectivity index (χ0) is 17.2. The normalized spacial score (nSPS) is 24.6. The smallest absolute Gasteiger partial charge is 0.127 e. The third-order valence-electron chi connectivity index (χ3n) is 4.97. The maximum atomic E-state index is 4.93. The van der Waals surface area contributed by atoms with Crippen LogP contribution >= 0.6 is 0 Å². The minimum Gasteiger partial charge on any atom is -0.363 e. The Morgan fingerprint density at radius 1 is 0.880 bits per heavy atom. The molecule has 4 nitrogen and oxygen atoms in total. The van der Waals surface area contributed by atoms with Crippen molar-refractivity contribution in [3.63, 3.8) is 0 Å². The van der Waals surface area contributed by atoms with Crippen LogP contribution in [0.2, 0.25) is 0 Å². The topological polar surface area (TPSA) is 30.9 Å². The molecule has 0 aromatic heterocycles. The Bertz CT molecular complexity index is 782. The lowest BCUT2D eigenvalue weighted by molar-refractivity contribution is 0.465. The molecule has 0 unspecified atom stereocenters. The molecule has 0 spiro atoms. The molecule has 25 heavy (non-hydrogen) atoms. The van der Waals surface area contributed by atoms with Crippen LogP contribution in [0.1, 0.15) is 23.2 Å². The highest BCUT2D eigenvalue weighted by Gasteiger charge is 2.27. The first-order valence-corrected chi connectivity index (χ1v) is 8.79. The van der Waals surface area contributed by atoms with Crippen LogP contribution in [-0.4, -0.2) is 42.8 Å². The molecule has 0 radical (unpaired) electrons. The molecule has 0 saturated carbocycles. The van der Waals surface area contributed by atoms with Crippen molar-refractivity contribution in [2.45, 2.75) is 12.1 Å². The fourth-order valence-electron chi connectivity index (χ4n) is 3.51. The fourth-order valence-corrected chi connectivity index (χ4v) is 3.51. The maximum Gasteiger partial charge on any atom is 0.127 e. The minimum absolute atomic E-state index is 0.217. The Balaban J connectivity index is 1.54. The molecule has 2 aromatic rings. The van der Waals surface area contributed by atoms with Crippen LogP contribution in [0.3, 0.4) is 0 Å². The molecule has 128 valence electrons. The molecular weight excluding hydrogens is 308 g/mol. The van der Waals surface area contributed by atoms with Crippen LogP contribution in [0.4, 0.5) is 0 Å². The number of hydrogen-bond acceptors (Lipinski definition) is 4. The largest absolute Gasteiger partial charge is 0.363 e. The first-order chi connectivity index (χ1) is 12.2. The van der Waals surface area contributed by atoms with E-state index in [9.17, 15) is 0 Å². The van der Waals surface area contributed by atoms with Crippen LogP contribution in [0.5, 0.6) is 0 Å².